The molecule has 0 bridgehead atoms. The van der Waals surface area contributed by atoms with Gasteiger partial charge in [0.2, 0.25) is 47.3 Å². The van der Waals surface area contributed by atoms with Crippen molar-refractivity contribution in [2.45, 2.75) is 190 Å². The molecule has 102 heavy (non-hydrogen) atoms. The molecule has 0 radical (unpaired) electrons. The van der Waals surface area contributed by atoms with Crippen LogP contribution in [0.1, 0.15) is 127 Å². The van der Waals surface area contributed by atoms with Crippen molar-refractivity contribution in [1.82, 2.24) is 41.7 Å². The number of amides is 8. The lowest BCUT2D eigenvalue weighted by Crippen LogP contribution is -2.59. The van der Waals surface area contributed by atoms with Crippen LogP contribution in [-0.4, -0.2) is 208 Å². The minimum Gasteiger partial charge on any atom is -0.480 e. The van der Waals surface area contributed by atoms with Crippen molar-refractivity contribution in [1.29, 1.82) is 0 Å². The molecule has 33 heteroatoms. The average molecular weight is 1440 g/mol. The number of aliphatic carboxylic acids is 2. The number of hydrogen-bond donors (Lipinski definition) is 18. The summed E-state index contributed by atoms with van der Waals surface area (Å²) in [6.45, 7) is 5.48. The maximum absolute atomic E-state index is 14.4. The fraction of sp³-hybridized carbons (Fsp3) is 0.551. The third-order valence-electron chi connectivity index (χ3n) is 16.9. The summed E-state index contributed by atoms with van der Waals surface area (Å²) in [5.74, 6) is -8.33. The van der Waals surface area contributed by atoms with Crippen LogP contribution in [0.15, 0.2) is 99.9 Å². The Balaban J connectivity index is 0.000000999. The van der Waals surface area contributed by atoms with Gasteiger partial charge in [-0.05, 0) is 99.3 Å². The SMILES string of the molecule is CC(C)CC(NC(=O)[C@@H](Cc1ccccc1)NC(=O)[C@H](Cc1ccccc1)NC(=O)CNC(=O)[C@@H]1C[C@H](O)CN1C(=O)[C@@H]1CCCN1C(=O)[C@H](CCCN=C(N)N)NC(=O)[C@H](N)CCCN=C(N)N)C(=O)NC(CCCN=C(N)N)C(=O)O.CCCCCCc1ccccc1NC(CS)C(=O)O. The van der Waals surface area contributed by atoms with Crippen molar-refractivity contribution in [3.05, 3.63) is 102 Å². The normalized spacial score (nSPS) is 16.7. The maximum Gasteiger partial charge on any atom is 0.326 e. The highest BCUT2D eigenvalue weighted by molar-refractivity contribution is 7.80. The molecule has 5 rings (SSSR count). The fourth-order valence-corrected chi connectivity index (χ4v) is 11.8. The number of carbonyl (C=O) groups excluding carboxylic acids is 8. The highest BCUT2D eigenvalue weighted by Gasteiger charge is 2.46. The number of aliphatic imine (C=N–C) groups is 3. The monoisotopic (exact) mass is 1440 g/mol. The molecule has 2 fully saturated rings. The van der Waals surface area contributed by atoms with E-state index in [0.29, 0.717) is 24.0 Å². The zero-order valence-corrected chi connectivity index (χ0v) is 59.4. The Morgan fingerprint density at radius 1 is 0.578 bits per heavy atom. The van der Waals surface area contributed by atoms with Crippen LogP contribution in [0.5, 0.6) is 0 Å². The first-order chi connectivity index (χ1) is 48.6. The van der Waals surface area contributed by atoms with E-state index in [1.54, 1.807) is 60.7 Å². The van der Waals surface area contributed by atoms with Crippen molar-refractivity contribution < 1.29 is 63.3 Å². The molecular weight excluding hydrogens is 1330 g/mol. The van der Waals surface area contributed by atoms with Crippen molar-refractivity contribution in [3.63, 3.8) is 0 Å². The number of aliphatic hydroxyl groups is 1. The first kappa shape index (κ1) is 84.7. The van der Waals surface area contributed by atoms with Crippen LogP contribution in [0.3, 0.4) is 0 Å². The maximum atomic E-state index is 14.4. The van der Waals surface area contributed by atoms with E-state index in [1.807, 2.05) is 32.0 Å². The molecule has 2 aliphatic rings. The summed E-state index contributed by atoms with van der Waals surface area (Å²) in [7, 11) is 0. The van der Waals surface area contributed by atoms with Crippen LogP contribution in [-0.2, 0) is 67.2 Å². The molecule has 2 heterocycles. The predicted octanol–water partition coefficient (Wildman–Crippen LogP) is -0.812. The van der Waals surface area contributed by atoms with Gasteiger partial charge in [-0.15, -0.1) is 0 Å². The third-order valence-corrected chi connectivity index (χ3v) is 17.2. The van der Waals surface area contributed by atoms with E-state index in [9.17, 15) is 58.2 Å². The van der Waals surface area contributed by atoms with E-state index in [-0.39, 0.29) is 126 Å². The number of carboxylic acids is 2. The van der Waals surface area contributed by atoms with Gasteiger partial charge in [-0.1, -0.05) is 119 Å². The van der Waals surface area contributed by atoms with Crippen LogP contribution in [0.25, 0.3) is 0 Å². The third kappa shape index (κ3) is 30.6. The lowest BCUT2D eigenvalue weighted by atomic mass is 9.99. The van der Waals surface area contributed by atoms with Gasteiger partial charge in [0.25, 0.3) is 0 Å². The number of likely N-dealkylation sites (tertiary alicyclic amines) is 2. The molecule has 8 amide bonds. The topological polar surface area (TPSA) is 541 Å². The van der Waals surface area contributed by atoms with Gasteiger partial charge >= 0.3 is 11.9 Å². The van der Waals surface area contributed by atoms with Crippen LogP contribution in [0.4, 0.5) is 5.69 Å². The van der Waals surface area contributed by atoms with E-state index < -0.39 is 126 Å². The summed E-state index contributed by atoms with van der Waals surface area (Å²) in [6.07, 6.45) is 6.17. The number of thiol groups is 1. The number of nitrogens with two attached hydrogens (primary N) is 7. The smallest absolute Gasteiger partial charge is 0.326 e. The number of carboxylic acid groups (broad SMARTS) is 2. The van der Waals surface area contributed by atoms with E-state index in [2.05, 4.69) is 77.8 Å². The van der Waals surface area contributed by atoms with Crippen molar-refractivity contribution in [2.75, 3.05) is 50.3 Å². The molecule has 562 valence electrons. The molecule has 24 N–H and O–H groups in total. The minimum absolute atomic E-state index is 0.0187. The number of anilines is 1. The van der Waals surface area contributed by atoms with E-state index in [4.69, 9.17) is 45.2 Å². The predicted molar refractivity (Wildman–Crippen MR) is 392 cm³/mol. The van der Waals surface area contributed by atoms with Crippen molar-refractivity contribution in [2.24, 2.45) is 61.0 Å². The first-order valence-corrected chi connectivity index (χ1v) is 35.2. The summed E-state index contributed by atoms with van der Waals surface area (Å²) >= 11 is 4.07. The molecule has 0 saturated carbocycles. The van der Waals surface area contributed by atoms with Gasteiger partial charge in [0, 0.05) is 63.4 Å². The summed E-state index contributed by atoms with van der Waals surface area (Å²) in [6, 6.07) is 14.9. The number of nitrogens with one attached hydrogen (secondary N) is 7. The standard InChI is InChI=1S/C54H84N18O11.C15H23NO2S/c1-31(2)25-38(45(76)68-37(51(82)83)19-11-23-64-54(60)61)69-47(78)40(27-33-15-7-4-8-16-33)70-46(77)39(26-32-13-5-3-6-14-32)66-43(74)29-65-48(79)42-28-34(73)30-72(42)50(81)41-20-12-24-71(41)49(80)36(18-10-22-63-53(58)59)67-44(75)35(55)17-9-21-62-52(56)57;1-2-3-4-5-8-12-9-6-7-10-13(12)16-14(11-19)15(17)18/h3-8,13-16,31,34-42,73H,9-12,17-30,55H2,1-2H3,(H,65,79)(H,66,74)(H,67,75)(H,68,76)(H,69,78)(H,70,77)(H,82,83)(H4,56,57,62)(H4,58,59,63)(H4,60,61,64);6-7,9-10,14,16,19H,2-5,8,11H2,1H3,(H,17,18)/t34-,35+,36-,37?,38?,39-,40+,41-,42-;/m0./s1. The van der Waals surface area contributed by atoms with Crippen LogP contribution in [0, 0.1) is 5.92 Å². The molecule has 32 nitrogen and oxygen atoms in total. The fourth-order valence-electron chi connectivity index (χ4n) is 11.6. The molecule has 2 saturated heterocycles. The van der Waals surface area contributed by atoms with Gasteiger partial charge in [-0.25, -0.2) is 9.59 Å². The van der Waals surface area contributed by atoms with Gasteiger partial charge in [-0.3, -0.25) is 53.3 Å². The van der Waals surface area contributed by atoms with Gasteiger partial charge in [0.05, 0.1) is 18.7 Å². The molecule has 3 aromatic carbocycles. The number of aryl methyl sites for hydroxylation is 1. The number of β-amino-alcohol motifs (C(OH)–C–C–N with tert-alkyl or cyclic N) is 1. The number of hydrogen-bond acceptors (Lipinski definition) is 17. The largest absolute Gasteiger partial charge is 0.480 e. The highest BCUT2D eigenvalue weighted by Crippen LogP contribution is 2.27. The van der Waals surface area contributed by atoms with Gasteiger partial charge in [-0.2, -0.15) is 12.6 Å². The lowest BCUT2D eigenvalue weighted by Gasteiger charge is -2.33. The second kappa shape index (κ2) is 45.2. The average Bonchev–Trinajstić information content (AvgIpc) is 1.63. The zero-order chi connectivity index (χ0) is 75.3. The van der Waals surface area contributed by atoms with E-state index in [0.717, 1.165) is 23.4 Å². The van der Waals surface area contributed by atoms with Crippen LogP contribution in [0.2, 0.25) is 0 Å². The molecule has 2 aliphatic heterocycles. The molecular formula is C69H107N19O13S. The first-order valence-electron chi connectivity index (χ1n) is 34.6. The zero-order valence-electron chi connectivity index (χ0n) is 58.6. The number of aliphatic hydroxyl groups excluding tert-OH is 1. The Morgan fingerprint density at radius 3 is 1.62 bits per heavy atom. The van der Waals surface area contributed by atoms with Crippen LogP contribution >= 0.6 is 12.6 Å². The number of guanidine groups is 3. The number of unbranched alkanes of at least 4 members (excludes halogenated alkanes) is 3. The minimum atomic E-state index is -1.35. The summed E-state index contributed by atoms with van der Waals surface area (Å²) in [4.78, 5) is 150. The summed E-state index contributed by atoms with van der Waals surface area (Å²) < 4.78 is 0. The Kier molecular flexibility index (Phi) is 37.5. The molecule has 10 atom stereocenters. The summed E-state index contributed by atoms with van der Waals surface area (Å²) in [5.41, 5.74) is 42.0. The summed E-state index contributed by atoms with van der Waals surface area (Å²) in [5, 5.41) is 48.7. The van der Waals surface area contributed by atoms with Gasteiger partial charge in [0.15, 0.2) is 17.9 Å². The second-order valence-corrected chi connectivity index (χ2v) is 26.0. The molecule has 0 aliphatic carbocycles. The molecule has 3 unspecified atom stereocenters. The molecule has 3 aromatic rings. The quantitative estimate of drug-likeness (QED) is 0.0143. The molecule has 0 spiro atoms. The lowest BCUT2D eigenvalue weighted by molar-refractivity contribution is -0.148. The van der Waals surface area contributed by atoms with E-state index >= 15 is 0 Å². The Hall–Kier alpha value is -9.76. The number of rotatable bonds is 42. The van der Waals surface area contributed by atoms with Gasteiger partial charge < -0.3 is 102 Å². The molecule has 0 aromatic heterocycles. The van der Waals surface area contributed by atoms with Crippen molar-refractivity contribution >= 4 is 95.4 Å². The van der Waals surface area contributed by atoms with Crippen molar-refractivity contribution in [3.8, 4) is 0 Å². The van der Waals surface area contributed by atoms with E-state index in [1.165, 1.54) is 29.7 Å². The number of para-hydroxylation sites is 1. The second-order valence-electron chi connectivity index (χ2n) is 25.7. The number of carbonyl (C=O) groups is 10. The van der Waals surface area contributed by atoms with Crippen LogP contribution < -0.4 is 77.4 Å². The number of nitrogens with zero attached hydrogens (tertiary/aromatic N) is 5. The number of benzene rings is 3. The Morgan fingerprint density at radius 2 is 1.08 bits per heavy atom. The Bertz CT molecular complexity index is 3280. The highest BCUT2D eigenvalue weighted by atomic mass is 32.1. The van der Waals surface area contributed by atoms with Gasteiger partial charge in [0.1, 0.15) is 48.3 Å². The Labute approximate surface area is 601 Å².